The second-order valence-electron chi connectivity index (χ2n) is 14.2. The van der Waals surface area contributed by atoms with E-state index in [0.29, 0.717) is 23.5 Å². The molecule has 7 atom stereocenters. The first-order valence-corrected chi connectivity index (χ1v) is 17.4. The van der Waals surface area contributed by atoms with Crippen molar-refractivity contribution in [2.45, 2.75) is 149 Å². The highest BCUT2D eigenvalue weighted by atomic mass is 32.2. The predicted molar refractivity (Wildman–Crippen MR) is 160 cm³/mol. The number of carbonyl (C=O) groups excluding carboxylic acids is 1. The van der Waals surface area contributed by atoms with Gasteiger partial charge in [0.2, 0.25) is 0 Å². The van der Waals surface area contributed by atoms with Crippen molar-refractivity contribution in [2.24, 2.45) is 34.5 Å². The Labute approximate surface area is 233 Å². The largest absolute Gasteiger partial charge is 0.390 e. The number of hydrogen-bond donors (Lipinski definition) is 1. The number of fused-ring (bicyclic) bond motifs is 5. The molecule has 0 bridgehead atoms. The van der Waals surface area contributed by atoms with Crippen molar-refractivity contribution in [3.05, 3.63) is 11.6 Å². The standard InChI is InChI=1S/C34H58O2S/c1-5-6-13-22-37-23-14-11-9-7-8-10-12-15-26-24-27-25-28(35)16-19-32(27,2)29-17-20-33(3)30(31(26)29)18-21-34(33,4)36/h25-26,29-31,36H,5-24H2,1-4H3/t26-,29+,30+,31-,32+,33+,34+/m1/s1. The Balaban J connectivity index is 1.27. The van der Waals surface area contributed by atoms with Crippen LogP contribution in [0.4, 0.5) is 0 Å². The number of carbonyl (C=O) groups is 1. The minimum atomic E-state index is -0.513. The van der Waals surface area contributed by atoms with Gasteiger partial charge < -0.3 is 5.11 Å². The summed E-state index contributed by atoms with van der Waals surface area (Å²) < 4.78 is 0. The van der Waals surface area contributed by atoms with Gasteiger partial charge in [-0.3, -0.25) is 4.79 Å². The highest BCUT2D eigenvalue weighted by Crippen LogP contribution is 2.69. The van der Waals surface area contributed by atoms with E-state index in [1.54, 1.807) is 0 Å². The van der Waals surface area contributed by atoms with Gasteiger partial charge in [-0.2, -0.15) is 11.8 Å². The minimum absolute atomic E-state index is 0.0722. The summed E-state index contributed by atoms with van der Waals surface area (Å²) in [4.78, 5) is 12.4. The summed E-state index contributed by atoms with van der Waals surface area (Å²) >= 11 is 2.16. The van der Waals surface area contributed by atoms with E-state index in [1.165, 1.54) is 101 Å². The van der Waals surface area contributed by atoms with E-state index in [-0.39, 0.29) is 10.8 Å². The molecule has 0 radical (unpaired) electrons. The molecule has 1 N–H and O–H groups in total. The van der Waals surface area contributed by atoms with Gasteiger partial charge in [-0.05, 0) is 117 Å². The smallest absolute Gasteiger partial charge is 0.155 e. The van der Waals surface area contributed by atoms with E-state index in [4.69, 9.17) is 0 Å². The summed E-state index contributed by atoms with van der Waals surface area (Å²) in [6.07, 6.45) is 24.8. The van der Waals surface area contributed by atoms with Crippen molar-refractivity contribution >= 4 is 17.5 Å². The molecule has 3 heteroatoms. The van der Waals surface area contributed by atoms with E-state index in [2.05, 4.69) is 45.5 Å². The van der Waals surface area contributed by atoms with Gasteiger partial charge in [0, 0.05) is 6.42 Å². The highest BCUT2D eigenvalue weighted by Gasteiger charge is 2.64. The fourth-order valence-electron chi connectivity index (χ4n) is 9.29. The lowest BCUT2D eigenvalue weighted by Crippen LogP contribution is -2.56. The van der Waals surface area contributed by atoms with Gasteiger partial charge in [-0.1, -0.05) is 77.7 Å². The third-order valence-corrected chi connectivity index (χ3v) is 13.1. The zero-order valence-electron chi connectivity index (χ0n) is 24.8. The molecule has 37 heavy (non-hydrogen) atoms. The number of allylic oxidation sites excluding steroid dienone is 1. The molecule has 212 valence electrons. The number of unbranched alkanes of at least 4 members (excludes halogenated alkanes) is 8. The lowest BCUT2D eigenvalue weighted by molar-refractivity contribution is -0.135. The monoisotopic (exact) mass is 530 g/mol. The van der Waals surface area contributed by atoms with Crippen LogP contribution in [0.25, 0.3) is 0 Å². The van der Waals surface area contributed by atoms with Crippen LogP contribution in [0.15, 0.2) is 11.6 Å². The maximum Gasteiger partial charge on any atom is 0.155 e. The first kappa shape index (κ1) is 29.7. The average molecular weight is 531 g/mol. The Bertz CT molecular complexity index is 787. The van der Waals surface area contributed by atoms with Crippen molar-refractivity contribution in [2.75, 3.05) is 11.5 Å². The van der Waals surface area contributed by atoms with E-state index < -0.39 is 5.60 Å². The molecule has 4 rings (SSSR count). The third kappa shape index (κ3) is 6.39. The summed E-state index contributed by atoms with van der Waals surface area (Å²) in [5, 5.41) is 11.4. The zero-order valence-corrected chi connectivity index (χ0v) is 25.6. The molecular formula is C34H58O2S. The Hall–Kier alpha value is -0.280. The van der Waals surface area contributed by atoms with E-state index in [9.17, 15) is 9.90 Å². The molecular weight excluding hydrogens is 472 g/mol. The van der Waals surface area contributed by atoms with Crippen molar-refractivity contribution in [3.63, 3.8) is 0 Å². The quantitative estimate of drug-likeness (QED) is 0.227. The van der Waals surface area contributed by atoms with Crippen LogP contribution in [0.3, 0.4) is 0 Å². The predicted octanol–water partition coefficient (Wildman–Crippen LogP) is 9.54. The molecule has 3 fully saturated rings. The van der Waals surface area contributed by atoms with Gasteiger partial charge >= 0.3 is 0 Å². The maximum absolute atomic E-state index is 12.4. The van der Waals surface area contributed by atoms with Crippen LogP contribution < -0.4 is 0 Å². The molecule has 3 saturated carbocycles. The lowest BCUT2D eigenvalue weighted by atomic mass is 9.44. The van der Waals surface area contributed by atoms with Crippen molar-refractivity contribution in [1.82, 2.24) is 0 Å². The van der Waals surface area contributed by atoms with Crippen molar-refractivity contribution in [1.29, 1.82) is 0 Å². The fraction of sp³-hybridized carbons (Fsp3) is 0.912. The summed E-state index contributed by atoms with van der Waals surface area (Å²) in [6, 6.07) is 0. The maximum atomic E-state index is 12.4. The second kappa shape index (κ2) is 12.9. The van der Waals surface area contributed by atoms with Crippen molar-refractivity contribution in [3.8, 4) is 0 Å². The number of thioether (sulfide) groups is 1. The molecule has 0 aliphatic heterocycles. The molecule has 4 aliphatic rings. The van der Waals surface area contributed by atoms with Gasteiger partial charge in [-0.15, -0.1) is 0 Å². The van der Waals surface area contributed by atoms with Crippen LogP contribution in [-0.2, 0) is 4.79 Å². The Morgan fingerprint density at radius 1 is 0.865 bits per heavy atom. The Morgan fingerprint density at radius 3 is 2.24 bits per heavy atom. The van der Waals surface area contributed by atoms with Crippen LogP contribution in [0, 0.1) is 34.5 Å². The summed E-state index contributed by atoms with van der Waals surface area (Å²) in [5.41, 5.74) is 1.28. The molecule has 4 aliphatic carbocycles. The molecule has 0 aromatic rings. The Morgan fingerprint density at radius 2 is 1.51 bits per heavy atom. The lowest BCUT2D eigenvalue weighted by Gasteiger charge is -2.61. The topological polar surface area (TPSA) is 37.3 Å². The molecule has 0 unspecified atom stereocenters. The number of aliphatic hydroxyl groups is 1. The first-order valence-electron chi connectivity index (χ1n) is 16.3. The van der Waals surface area contributed by atoms with Gasteiger partial charge in [0.25, 0.3) is 0 Å². The molecule has 0 heterocycles. The van der Waals surface area contributed by atoms with Gasteiger partial charge in [0.15, 0.2) is 5.78 Å². The van der Waals surface area contributed by atoms with E-state index in [0.717, 1.165) is 38.0 Å². The molecule has 0 aromatic carbocycles. The van der Waals surface area contributed by atoms with E-state index >= 15 is 0 Å². The van der Waals surface area contributed by atoms with E-state index in [1.807, 2.05) is 0 Å². The molecule has 0 spiro atoms. The first-order chi connectivity index (χ1) is 17.7. The third-order valence-electron chi connectivity index (χ3n) is 12.0. The van der Waals surface area contributed by atoms with Crippen LogP contribution in [0.5, 0.6) is 0 Å². The SMILES string of the molecule is CCCCCSCCCCCCCCC[C@@H]1CC2=CC(=O)CC[C@]2(C)[C@H]2CC[C@@]3(C)[C@@H](CC[C@]3(C)O)[C@H]12. The van der Waals surface area contributed by atoms with Gasteiger partial charge in [0.05, 0.1) is 5.60 Å². The number of rotatable bonds is 14. The normalized spacial score (nSPS) is 39.2. The number of hydrogen-bond acceptors (Lipinski definition) is 3. The summed E-state index contributed by atoms with van der Waals surface area (Å²) in [7, 11) is 0. The Kier molecular flexibility index (Phi) is 10.4. The highest BCUT2D eigenvalue weighted by molar-refractivity contribution is 7.99. The number of ketones is 1. The fourth-order valence-corrected chi connectivity index (χ4v) is 10.3. The van der Waals surface area contributed by atoms with Crippen LogP contribution in [-0.4, -0.2) is 28.0 Å². The van der Waals surface area contributed by atoms with Crippen LogP contribution in [0.2, 0.25) is 0 Å². The molecule has 0 saturated heterocycles. The van der Waals surface area contributed by atoms with Gasteiger partial charge in [-0.25, -0.2) is 0 Å². The summed E-state index contributed by atoms with van der Waals surface area (Å²) in [5.74, 6) is 5.89. The van der Waals surface area contributed by atoms with Gasteiger partial charge in [0.1, 0.15) is 0 Å². The second-order valence-corrected chi connectivity index (χ2v) is 15.4. The zero-order chi connectivity index (χ0) is 26.5. The molecule has 2 nitrogen and oxygen atoms in total. The van der Waals surface area contributed by atoms with Crippen LogP contribution in [0.1, 0.15) is 143 Å². The molecule has 0 amide bonds. The minimum Gasteiger partial charge on any atom is -0.390 e. The summed E-state index contributed by atoms with van der Waals surface area (Å²) in [6.45, 7) is 9.33. The van der Waals surface area contributed by atoms with Crippen LogP contribution >= 0.6 is 11.8 Å². The van der Waals surface area contributed by atoms with Crippen molar-refractivity contribution < 1.29 is 9.90 Å². The molecule has 0 aromatic heterocycles. The average Bonchev–Trinajstić information content (AvgIpc) is 3.11.